The van der Waals surface area contributed by atoms with Crippen LogP contribution in [0.15, 0.2) is 0 Å². The van der Waals surface area contributed by atoms with Crippen LogP contribution in [-0.2, 0) is 0 Å². The Bertz CT molecular complexity index is 195. The van der Waals surface area contributed by atoms with Crippen molar-refractivity contribution >= 4 is 0 Å². The summed E-state index contributed by atoms with van der Waals surface area (Å²) in [6.45, 7) is 4.47. The van der Waals surface area contributed by atoms with Crippen LogP contribution >= 0.6 is 0 Å². The second kappa shape index (κ2) is 6.00. The van der Waals surface area contributed by atoms with Crippen molar-refractivity contribution in [3.63, 3.8) is 0 Å². The summed E-state index contributed by atoms with van der Waals surface area (Å²) in [5, 5.41) is 8.84. The van der Waals surface area contributed by atoms with Crippen molar-refractivity contribution in [2.24, 2.45) is 5.92 Å². The van der Waals surface area contributed by atoms with E-state index < -0.39 is 0 Å². The van der Waals surface area contributed by atoms with E-state index in [0.717, 1.165) is 26.1 Å². The molecular formula is C11H21N3. The minimum Gasteiger partial charge on any atom is -0.309 e. The summed E-state index contributed by atoms with van der Waals surface area (Å²) >= 11 is 0. The van der Waals surface area contributed by atoms with Crippen molar-refractivity contribution in [1.29, 1.82) is 5.26 Å². The number of rotatable bonds is 4. The first-order chi connectivity index (χ1) is 6.72. The van der Waals surface area contributed by atoms with Gasteiger partial charge in [0.15, 0.2) is 0 Å². The second-order valence-electron chi connectivity index (χ2n) is 4.43. The fourth-order valence-electron chi connectivity index (χ4n) is 1.97. The zero-order valence-electron chi connectivity index (χ0n) is 9.37. The molecule has 1 aliphatic rings. The SMILES string of the molecule is CN(C)CCCN1CCCC(C#N)C1. The predicted molar refractivity (Wildman–Crippen MR) is 57.9 cm³/mol. The van der Waals surface area contributed by atoms with Crippen LogP contribution in [0.3, 0.4) is 0 Å². The second-order valence-corrected chi connectivity index (χ2v) is 4.43. The molecule has 80 valence electrons. The van der Waals surface area contributed by atoms with Crippen LogP contribution in [0.25, 0.3) is 0 Å². The van der Waals surface area contributed by atoms with Gasteiger partial charge in [0.1, 0.15) is 0 Å². The number of piperidine rings is 1. The van der Waals surface area contributed by atoms with Crippen LogP contribution in [0.1, 0.15) is 19.3 Å². The van der Waals surface area contributed by atoms with Crippen LogP contribution in [0.4, 0.5) is 0 Å². The zero-order chi connectivity index (χ0) is 10.4. The van der Waals surface area contributed by atoms with Gasteiger partial charge in [0.25, 0.3) is 0 Å². The molecule has 0 aromatic rings. The number of hydrogen-bond donors (Lipinski definition) is 0. The largest absolute Gasteiger partial charge is 0.309 e. The molecule has 0 aromatic carbocycles. The van der Waals surface area contributed by atoms with E-state index in [0.29, 0.717) is 0 Å². The smallest absolute Gasteiger partial charge is 0.0669 e. The van der Waals surface area contributed by atoms with E-state index >= 15 is 0 Å². The van der Waals surface area contributed by atoms with E-state index in [1.54, 1.807) is 0 Å². The molecule has 0 saturated carbocycles. The molecular weight excluding hydrogens is 174 g/mol. The predicted octanol–water partition coefficient (Wildman–Crippen LogP) is 1.17. The fourth-order valence-corrected chi connectivity index (χ4v) is 1.97. The molecule has 0 spiro atoms. The lowest BCUT2D eigenvalue weighted by atomic mass is 10.00. The fraction of sp³-hybridized carbons (Fsp3) is 0.909. The third kappa shape index (κ3) is 4.08. The molecule has 1 heterocycles. The molecule has 1 fully saturated rings. The van der Waals surface area contributed by atoms with Crippen molar-refractivity contribution in [2.45, 2.75) is 19.3 Å². The molecule has 0 N–H and O–H groups in total. The Hall–Kier alpha value is -0.590. The van der Waals surface area contributed by atoms with Gasteiger partial charge in [-0.25, -0.2) is 0 Å². The number of nitrogens with zero attached hydrogens (tertiary/aromatic N) is 3. The Morgan fingerprint density at radius 2 is 2.29 bits per heavy atom. The molecule has 14 heavy (non-hydrogen) atoms. The average molecular weight is 195 g/mol. The van der Waals surface area contributed by atoms with E-state index in [4.69, 9.17) is 5.26 Å². The first-order valence-corrected chi connectivity index (χ1v) is 5.49. The van der Waals surface area contributed by atoms with Gasteiger partial charge in [-0.3, -0.25) is 0 Å². The Kier molecular flexibility index (Phi) is 4.92. The third-order valence-corrected chi connectivity index (χ3v) is 2.77. The Morgan fingerprint density at radius 1 is 1.50 bits per heavy atom. The molecule has 0 aromatic heterocycles. The Balaban J connectivity index is 2.15. The molecule has 1 rings (SSSR count). The van der Waals surface area contributed by atoms with Gasteiger partial charge in [-0.15, -0.1) is 0 Å². The highest BCUT2D eigenvalue weighted by molar-refractivity contribution is 4.88. The van der Waals surface area contributed by atoms with Crippen LogP contribution < -0.4 is 0 Å². The van der Waals surface area contributed by atoms with Gasteiger partial charge < -0.3 is 9.80 Å². The van der Waals surface area contributed by atoms with E-state index in [2.05, 4.69) is 30.0 Å². The summed E-state index contributed by atoms with van der Waals surface area (Å²) in [6, 6.07) is 2.38. The lowest BCUT2D eigenvalue weighted by molar-refractivity contribution is 0.191. The maximum atomic E-state index is 8.84. The Morgan fingerprint density at radius 3 is 2.93 bits per heavy atom. The van der Waals surface area contributed by atoms with Crippen molar-refractivity contribution in [1.82, 2.24) is 9.80 Å². The molecule has 0 bridgehead atoms. The quantitative estimate of drug-likeness (QED) is 0.674. The van der Waals surface area contributed by atoms with Crippen LogP contribution in [0, 0.1) is 17.2 Å². The summed E-state index contributed by atoms with van der Waals surface area (Å²) in [6.07, 6.45) is 3.51. The normalized spacial score (nSPS) is 23.7. The highest BCUT2D eigenvalue weighted by Gasteiger charge is 2.18. The summed E-state index contributed by atoms with van der Waals surface area (Å²) in [4.78, 5) is 4.65. The molecule has 1 aliphatic heterocycles. The summed E-state index contributed by atoms with van der Waals surface area (Å²) in [5.74, 6) is 0.281. The van der Waals surface area contributed by atoms with Crippen molar-refractivity contribution in [3.05, 3.63) is 0 Å². The van der Waals surface area contributed by atoms with Crippen LogP contribution in [0.5, 0.6) is 0 Å². The monoisotopic (exact) mass is 195 g/mol. The zero-order valence-corrected chi connectivity index (χ0v) is 9.37. The lowest BCUT2D eigenvalue weighted by Gasteiger charge is -2.29. The van der Waals surface area contributed by atoms with Gasteiger partial charge in [0.2, 0.25) is 0 Å². The van der Waals surface area contributed by atoms with Crippen molar-refractivity contribution < 1.29 is 0 Å². The molecule has 1 unspecified atom stereocenters. The first-order valence-electron chi connectivity index (χ1n) is 5.49. The van der Waals surface area contributed by atoms with E-state index in [9.17, 15) is 0 Å². The molecule has 0 amide bonds. The van der Waals surface area contributed by atoms with Gasteiger partial charge in [-0.05, 0) is 53.0 Å². The number of nitriles is 1. The van der Waals surface area contributed by atoms with Crippen LogP contribution in [-0.4, -0.2) is 50.1 Å². The molecule has 0 radical (unpaired) electrons. The van der Waals surface area contributed by atoms with E-state index in [-0.39, 0.29) is 5.92 Å². The molecule has 3 nitrogen and oxygen atoms in total. The highest BCUT2D eigenvalue weighted by atomic mass is 15.1. The maximum Gasteiger partial charge on any atom is 0.0669 e. The number of hydrogen-bond acceptors (Lipinski definition) is 3. The molecule has 0 aliphatic carbocycles. The summed E-state index contributed by atoms with van der Waals surface area (Å²) in [5.41, 5.74) is 0. The van der Waals surface area contributed by atoms with Crippen molar-refractivity contribution in [3.8, 4) is 6.07 Å². The van der Waals surface area contributed by atoms with Gasteiger partial charge in [-0.2, -0.15) is 5.26 Å². The highest BCUT2D eigenvalue weighted by Crippen LogP contribution is 2.15. The third-order valence-electron chi connectivity index (χ3n) is 2.77. The van der Waals surface area contributed by atoms with Gasteiger partial charge in [-0.1, -0.05) is 0 Å². The molecule has 3 heteroatoms. The molecule has 1 saturated heterocycles. The van der Waals surface area contributed by atoms with Crippen molar-refractivity contribution in [2.75, 3.05) is 40.3 Å². The summed E-state index contributed by atoms with van der Waals surface area (Å²) < 4.78 is 0. The standard InChI is InChI=1S/C11H21N3/c1-13(2)6-4-8-14-7-3-5-11(9-12)10-14/h11H,3-8,10H2,1-2H3. The minimum absolute atomic E-state index is 0.281. The van der Waals surface area contributed by atoms with E-state index in [1.807, 2.05) is 0 Å². The minimum atomic E-state index is 0.281. The maximum absolute atomic E-state index is 8.84. The Labute approximate surface area is 87.3 Å². The number of likely N-dealkylation sites (tertiary alicyclic amines) is 1. The van der Waals surface area contributed by atoms with Gasteiger partial charge >= 0.3 is 0 Å². The average Bonchev–Trinajstić information content (AvgIpc) is 2.18. The van der Waals surface area contributed by atoms with Crippen LogP contribution in [0.2, 0.25) is 0 Å². The topological polar surface area (TPSA) is 30.3 Å². The summed E-state index contributed by atoms with van der Waals surface area (Å²) in [7, 11) is 4.21. The first kappa shape index (κ1) is 11.5. The van der Waals surface area contributed by atoms with E-state index in [1.165, 1.54) is 19.4 Å². The lowest BCUT2D eigenvalue weighted by Crippen LogP contribution is -2.36. The van der Waals surface area contributed by atoms with Gasteiger partial charge in [0, 0.05) is 6.54 Å². The van der Waals surface area contributed by atoms with Gasteiger partial charge in [0.05, 0.1) is 12.0 Å². The molecule has 1 atom stereocenters.